The van der Waals surface area contributed by atoms with Gasteiger partial charge in [0.25, 0.3) is 5.91 Å². The summed E-state index contributed by atoms with van der Waals surface area (Å²) < 4.78 is 5.05. The van der Waals surface area contributed by atoms with E-state index in [1.165, 1.54) is 6.92 Å². The highest BCUT2D eigenvalue weighted by Crippen LogP contribution is 2.12. The van der Waals surface area contributed by atoms with Crippen LogP contribution in [0.1, 0.15) is 30.6 Å². The average Bonchev–Trinajstić information content (AvgIpc) is 2.36. The monoisotopic (exact) mass is 250 g/mol. The van der Waals surface area contributed by atoms with Gasteiger partial charge in [-0.3, -0.25) is 4.79 Å². The maximum Gasteiger partial charge on any atom is 0.341 e. The lowest BCUT2D eigenvalue weighted by Crippen LogP contribution is -2.36. The van der Waals surface area contributed by atoms with Crippen LogP contribution in [0.3, 0.4) is 0 Å². The number of nitrogen functional groups attached to an aromatic ring is 1. The first-order chi connectivity index (χ1) is 8.56. The molecule has 1 atom stereocenters. The van der Waals surface area contributed by atoms with Crippen molar-refractivity contribution < 1.29 is 14.3 Å². The lowest BCUT2D eigenvalue weighted by atomic mass is 10.2. The SMILES string of the molecule is CCCNC(=O)C(C)OC(=O)c1ccccc1N. The molecule has 0 bridgehead atoms. The zero-order valence-corrected chi connectivity index (χ0v) is 10.6. The van der Waals surface area contributed by atoms with Gasteiger partial charge in [-0.05, 0) is 25.5 Å². The van der Waals surface area contributed by atoms with E-state index in [9.17, 15) is 9.59 Å². The summed E-state index contributed by atoms with van der Waals surface area (Å²) in [5, 5.41) is 2.66. The highest BCUT2D eigenvalue weighted by Gasteiger charge is 2.19. The van der Waals surface area contributed by atoms with Crippen LogP contribution in [-0.2, 0) is 9.53 Å². The summed E-state index contributed by atoms with van der Waals surface area (Å²) in [6.45, 7) is 4.04. The Morgan fingerprint density at radius 3 is 2.67 bits per heavy atom. The first kappa shape index (κ1) is 14.0. The first-order valence-electron chi connectivity index (χ1n) is 5.89. The van der Waals surface area contributed by atoms with Crippen LogP contribution in [0.2, 0.25) is 0 Å². The standard InChI is InChI=1S/C13H18N2O3/c1-3-8-15-12(16)9(2)18-13(17)10-6-4-5-7-11(10)14/h4-7,9H,3,8,14H2,1-2H3,(H,15,16). The third-order valence-electron chi connectivity index (χ3n) is 2.38. The van der Waals surface area contributed by atoms with Crippen LogP contribution >= 0.6 is 0 Å². The average molecular weight is 250 g/mol. The zero-order chi connectivity index (χ0) is 13.5. The van der Waals surface area contributed by atoms with Crippen molar-refractivity contribution in [2.24, 2.45) is 0 Å². The number of carbonyl (C=O) groups is 2. The van der Waals surface area contributed by atoms with Crippen LogP contribution in [0.4, 0.5) is 5.69 Å². The van der Waals surface area contributed by atoms with Crippen molar-refractivity contribution in [2.45, 2.75) is 26.4 Å². The summed E-state index contributed by atoms with van der Waals surface area (Å²) in [5.74, 6) is -0.896. The number of nitrogens with two attached hydrogens (primary N) is 1. The van der Waals surface area contributed by atoms with Crippen molar-refractivity contribution in [3.63, 3.8) is 0 Å². The number of hydrogen-bond acceptors (Lipinski definition) is 4. The molecule has 98 valence electrons. The van der Waals surface area contributed by atoms with Gasteiger partial charge in [0.15, 0.2) is 6.10 Å². The van der Waals surface area contributed by atoms with E-state index in [1.54, 1.807) is 24.3 Å². The molecule has 0 heterocycles. The van der Waals surface area contributed by atoms with Gasteiger partial charge in [0, 0.05) is 12.2 Å². The molecule has 0 spiro atoms. The van der Waals surface area contributed by atoms with Gasteiger partial charge in [-0.25, -0.2) is 4.79 Å². The maximum atomic E-state index is 11.8. The number of para-hydroxylation sites is 1. The number of amides is 1. The van der Waals surface area contributed by atoms with Crippen LogP contribution in [0.25, 0.3) is 0 Å². The molecule has 1 rings (SSSR count). The molecule has 0 radical (unpaired) electrons. The number of ether oxygens (including phenoxy) is 1. The van der Waals surface area contributed by atoms with Crippen LogP contribution in [0, 0.1) is 0 Å². The van der Waals surface area contributed by atoms with Crippen LogP contribution in [0.5, 0.6) is 0 Å². The second kappa shape index (κ2) is 6.64. The van der Waals surface area contributed by atoms with E-state index in [-0.39, 0.29) is 11.5 Å². The van der Waals surface area contributed by atoms with Gasteiger partial charge in [-0.15, -0.1) is 0 Å². The molecule has 0 aliphatic heterocycles. The third kappa shape index (κ3) is 3.76. The second-order valence-corrected chi connectivity index (χ2v) is 3.93. The molecule has 1 unspecified atom stereocenters. The van der Waals surface area contributed by atoms with Crippen LogP contribution in [0.15, 0.2) is 24.3 Å². The summed E-state index contributed by atoms with van der Waals surface area (Å²) in [7, 11) is 0. The molecule has 0 aliphatic carbocycles. The summed E-state index contributed by atoms with van der Waals surface area (Å²) >= 11 is 0. The Morgan fingerprint density at radius 1 is 1.39 bits per heavy atom. The summed E-state index contributed by atoms with van der Waals surface area (Å²) in [5.41, 5.74) is 6.26. The van der Waals surface area contributed by atoms with Gasteiger partial charge >= 0.3 is 5.97 Å². The van der Waals surface area contributed by atoms with Gasteiger partial charge in [-0.1, -0.05) is 19.1 Å². The van der Waals surface area contributed by atoms with Crippen LogP contribution in [-0.4, -0.2) is 24.5 Å². The number of rotatable bonds is 5. The quantitative estimate of drug-likeness (QED) is 0.610. The Hall–Kier alpha value is -2.04. The number of hydrogen-bond donors (Lipinski definition) is 2. The highest BCUT2D eigenvalue weighted by molar-refractivity contribution is 5.96. The van der Waals surface area contributed by atoms with E-state index in [0.29, 0.717) is 12.2 Å². The molecule has 0 fully saturated rings. The Bertz CT molecular complexity index is 432. The van der Waals surface area contributed by atoms with Crippen molar-refractivity contribution in [3.8, 4) is 0 Å². The fraction of sp³-hybridized carbons (Fsp3) is 0.385. The normalized spacial score (nSPS) is 11.7. The minimum absolute atomic E-state index is 0.271. The number of anilines is 1. The van der Waals surface area contributed by atoms with E-state index in [1.807, 2.05) is 6.92 Å². The Kier molecular flexibility index (Phi) is 5.17. The molecule has 18 heavy (non-hydrogen) atoms. The second-order valence-electron chi connectivity index (χ2n) is 3.93. The molecule has 0 saturated carbocycles. The van der Waals surface area contributed by atoms with Crippen LogP contribution < -0.4 is 11.1 Å². The third-order valence-corrected chi connectivity index (χ3v) is 2.38. The molecule has 1 aromatic rings. The van der Waals surface area contributed by atoms with E-state index < -0.39 is 12.1 Å². The Morgan fingerprint density at radius 2 is 2.06 bits per heavy atom. The number of benzene rings is 1. The topological polar surface area (TPSA) is 81.4 Å². The molecule has 1 amide bonds. The maximum absolute atomic E-state index is 11.8. The highest BCUT2D eigenvalue weighted by atomic mass is 16.5. The van der Waals surface area contributed by atoms with E-state index in [0.717, 1.165) is 6.42 Å². The van der Waals surface area contributed by atoms with E-state index >= 15 is 0 Å². The van der Waals surface area contributed by atoms with Gasteiger partial charge in [0.2, 0.25) is 0 Å². The molecule has 5 heteroatoms. The molecule has 0 aliphatic rings. The Labute approximate surface area is 106 Å². The van der Waals surface area contributed by atoms with Crippen molar-refractivity contribution >= 4 is 17.6 Å². The molecule has 0 saturated heterocycles. The smallest absolute Gasteiger partial charge is 0.341 e. The van der Waals surface area contributed by atoms with Gasteiger partial charge in [-0.2, -0.15) is 0 Å². The van der Waals surface area contributed by atoms with Crippen molar-refractivity contribution in [1.82, 2.24) is 5.32 Å². The largest absolute Gasteiger partial charge is 0.449 e. The summed E-state index contributed by atoms with van der Waals surface area (Å²) in [6, 6.07) is 6.59. The lowest BCUT2D eigenvalue weighted by molar-refractivity contribution is -0.129. The van der Waals surface area contributed by atoms with Crippen molar-refractivity contribution in [2.75, 3.05) is 12.3 Å². The Balaban J connectivity index is 2.60. The fourth-order valence-corrected chi connectivity index (χ4v) is 1.35. The molecular formula is C13H18N2O3. The van der Waals surface area contributed by atoms with Gasteiger partial charge in [0.1, 0.15) is 0 Å². The minimum Gasteiger partial charge on any atom is -0.449 e. The molecule has 5 nitrogen and oxygen atoms in total. The molecule has 0 aromatic heterocycles. The lowest BCUT2D eigenvalue weighted by Gasteiger charge is -2.13. The predicted octanol–water partition coefficient (Wildman–Crippen LogP) is 1.34. The van der Waals surface area contributed by atoms with E-state index in [2.05, 4.69) is 5.32 Å². The minimum atomic E-state index is -0.830. The molecular weight excluding hydrogens is 232 g/mol. The predicted molar refractivity (Wildman–Crippen MR) is 69.0 cm³/mol. The molecule has 3 N–H and O–H groups in total. The van der Waals surface area contributed by atoms with Crippen molar-refractivity contribution in [3.05, 3.63) is 29.8 Å². The molecule has 1 aromatic carbocycles. The first-order valence-corrected chi connectivity index (χ1v) is 5.89. The fourth-order valence-electron chi connectivity index (χ4n) is 1.35. The number of nitrogens with one attached hydrogen (secondary N) is 1. The summed E-state index contributed by atoms with van der Waals surface area (Å²) in [4.78, 5) is 23.3. The number of esters is 1. The summed E-state index contributed by atoms with van der Waals surface area (Å²) in [6.07, 6.45) is 0.00144. The zero-order valence-electron chi connectivity index (χ0n) is 10.6. The van der Waals surface area contributed by atoms with Gasteiger partial charge in [0.05, 0.1) is 5.56 Å². The van der Waals surface area contributed by atoms with E-state index in [4.69, 9.17) is 10.5 Å². The number of carbonyl (C=O) groups excluding carboxylic acids is 2. The van der Waals surface area contributed by atoms with Gasteiger partial charge < -0.3 is 15.8 Å². The van der Waals surface area contributed by atoms with Crippen molar-refractivity contribution in [1.29, 1.82) is 0 Å².